The molecular formula is C25H24N4O2S2. The van der Waals surface area contributed by atoms with Crippen molar-refractivity contribution >= 4 is 38.8 Å². The summed E-state index contributed by atoms with van der Waals surface area (Å²) in [4.78, 5) is 4.42. The van der Waals surface area contributed by atoms with Crippen LogP contribution in [0.4, 0.5) is 17.1 Å². The maximum atomic E-state index is 13.4. The van der Waals surface area contributed by atoms with Crippen LogP contribution in [0, 0.1) is 11.3 Å². The first kappa shape index (κ1) is 21.8. The van der Waals surface area contributed by atoms with Crippen molar-refractivity contribution in [3.8, 4) is 6.07 Å². The lowest BCUT2D eigenvalue weighted by Gasteiger charge is -2.36. The fourth-order valence-corrected chi connectivity index (χ4v) is 6.83. The van der Waals surface area contributed by atoms with Crippen LogP contribution in [0.5, 0.6) is 0 Å². The summed E-state index contributed by atoms with van der Waals surface area (Å²) in [6, 6.07) is 23.6. The van der Waals surface area contributed by atoms with Gasteiger partial charge in [-0.05, 0) is 61.0 Å². The van der Waals surface area contributed by atoms with Crippen LogP contribution in [0.2, 0.25) is 0 Å². The summed E-state index contributed by atoms with van der Waals surface area (Å²) < 4.78 is 28.5. The second-order valence-corrected chi connectivity index (χ2v) is 11.5. The smallest absolute Gasteiger partial charge is 0.221 e. The topological polar surface area (TPSA) is 76.4 Å². The molecular weight excluding hydrogens is 452 g/mol. The van der Waals surface area contributed by atoms with E-state index in [1.54, 1.807) is 35.1 Å². The number of sulfonamides is 1. The molecule has 2 heterocycles. The van der Waals surface area contributed by atoms with Crippen LogP contribution in [0.25, 0.3) is 0 Å². The molecule has 0 saturated carbocycles. The van der Waals surface area contributed by atoms with E-state index in [1.165, 1.54) is 4.90 Å². The monoisotopic (exact) mass is 476 g/mol. The highest BCUT2D eigenvalue weighted by Crippen LogP contribution is 2.45. The van der Waals surface area contributed by atoms with E-state index < -0.39 is 15.3 Å². The third-order valence-electron chi connectivity index (χ3n) is 6.26. The molecule has 0 aromatic heterocycles. The molecule has 33 heavy (non-hydrogen) atoms. The number of nitrogens with one attached hydrogen (secondary N) is 1. The maximum Gasteiger partial charge on any atom is 0.221 e. The van der Waals surface area contributed by atoms with Gasteiger partial charge < -0.3 is 10.2 Å². The number of nitrogens with zero attached hydrogens (tertiary/aromatic N) is 3. The molecule has 1 fully saturated rings. The molecule has 0 spiro atoms. The van der Waals surface area contributed by atoms with Gasteiger partial charge in [-0.2, -0.15) is 9.57 Å². The summed E-state index contributed by atoms with van der Waals surface area (Å²) in [6.45, 7) is 3.90. The predicted molar refractivity (Wildman–Crippen MR) is 133 cm³/mol. The number of para-hydroxylation sites is 1. The van der Waals surface area contributed by atoms with Gasteiger partial charge in [-0.3, -0.25) is 0 Å². The van der Waals surface area contributed by atoms with Crippen molar-refractivity contribution in [2.45, 2.75) is 22.0 Å². The third kappa shape index (κ3) is 4.20. The molecule has 0 amide bonds. The molecule has 8 heteroatoms. The Morgan fingerprint density at radius 2 is 1.64 bits per heavy atom. The zero-order valence-electron chi connectivity index (χ0n) is 18.2. The fourth-order valence-electron chi connectivity index (χ4n) is 4.25. The number of hydrogen-bond donors (Lipinski definition) is 1. The summed E-state index contributed by atoms with van der Waals surface area (Å²) in [6.07, 6.45) is 0. The first-order chi connectivity index (χ1) is 16.0. The maximum absolute atomic E-state index is 13.4. The fraction of sp³-hybridized carbons (Fsp3) is 0.240. The van der Waals surface area contributed by atoms with Gasteiger partial charge in [-0.1, -0.05) is 30.0 Å². The molecule has 3 aromatic carbocycles. The minimum atomic E-state index is -3.49. The first-order valence-electron chi connectivity index (χ1n) is 10.9. The normalized spacial score (nSPS) is 16.8. The third-order valence-corrected chi connectivity index (χ3v) is 9.66. The van der Waals surface area contributed by atoms with Crippen molar-refractivity contribution in [1.29, 1.82) is 5.26 Å². The second-order valence-electron chi connectivity index (χ2n) is 8.21. The number of fused-ring (bicyclic) bond motifs is 2. The number of nitriles is 1. The lowest BCUT2D eigenvalue weighted by atomic mass is 10.1. The SMILES string of the molecule is CC(c1ccc2c(c1)Nc1ccccc1S2)S(=O)(=O)N1CCN(c2ccc(C#N)cc2)CC1. The Labute approximate surface area is 198 Å². The van der Waals surface area contributed by atoms with E-state index in [2.05, 4.69) is 22.4 Å². The number of anilines is 3. The van der Waals surface area contributed by atoms with Crippen molar-refractivity contribution in [2.24, 2.45) is 0 Å². The molecule has 6 nitrogen and oxygen atoms in total. The highest BCUT2D eigenvalue weighted by molar-refractivity contribution is 7.99. The van der Waals surface area contributed by atoms with Gasteiger partial charge in [-0.15, -0.1) is 0 Å². The molecule has 2 aliphatic heterocycles. The van der Waals surface area contributed by atoms with E-state index in [9.17, 15) is 8.42 Å². The minimum Gasteiger partial charge on any atom is -0.369 e. The van der Waals surface area contributed by atoms with E-state index >= 15 is 0 Å². The summed E-state index contributed by atoms with van der Waals surface area (Å²) in [7, 11) is -3.49. The van der Waals surface area contributed by atoms with Crippen molar-refractivity contribution in [3.63, 3.8) is 0 Å². The van der Waals surface area contributed by atoms with Crippen LogP contribution in [-0.4, -0.2) is 38.9 Å². The van der Waals surface area contributed by atoms with Gasteiger partial charge in [0.05, 0.1) is 28.3 Å². The van der Waals surface area contributed by atoms with Crippen molar-refractivity contribution in [1.82, 2.24) is 4.31 Å². The van der Waals surface area contributed by atoms with E-state index in [1.807, 2.05) is 48.5 Å². The molecule has 5 rings (SSSR count). The van der Waals surface area contributed by atoms with Crippen LogP contribution in [-0.2, 0) is 10.0 Å². The molecule has 168 valence electrons. The second kappa shape index (κ2) is 8.75. The molecule has 1 saturated heterocycles. The van der Waals surface area contributed by atoms with Crippen molar-refractivity contribution in [2.75, 3.05) is 36.4 Å². The molecule has 1 unspecified atom stereocenters. The summed E-state index contributed by atoms with van der Waals surface area (Å²) in [5.41, 5.74) is 4.41. The van der Waals surface area contributed by atoms with Gasteiger partial charge in [0.25, 0.3) is 0 Å². The Balaban J connectivity index is 1.29. The van der Waals surface area contributed by atoms with Crippen molar-refractivity contribution in [3.05, 3.63) is 77.9 Å². The van der Waals surface area contributed by atoms with Crippen LogP contribution in [0.15, 0.2) is 76.5 Å². The lowest BCUT2D eigenvalue weighted by molar-refractivity contribution is 0.380. The number of rotatable bonds is 4. The van der Waals surface area contributed by atoms with E-state index in [-0.39, 0.29) is 0 Å². The van der Waals surface area contributed by atoms with E-state index in [4.69, 9.17) is 5.26 Å². The predicted octanol–water partition coefficient (Wildman–Crippen LogP) is 4.98. The van der Waals surface area contributed by atoms with Crippen LogP contribution < -0.4 is 10.2 Å². The molecule has 0 bridgehead atoms. The van der Waals surface area contributed by atoms with E-state index in [0.717, 1.165) is 27.5 Å². The molecule has 0 radical (unpaired) electrons. The van der Waals surface area contributed by atoms with Crippen LogP contribution in [0.1, 0.15) is 23.3 Å². The standard InChI is InChI=1S/C25H24N4O2S2/c1-18(20-8-11-25-23(16-20)27-22-4-2-3-5-24(22)32-25)33(30,31)29-14-12-28(13-15-29)21-9-6-19(17-26)7-10-21/h2-11,16,18,27H,12-15H2,1H3. The quantitative estimate of drug-likeness (QED) is 0.448. The highest BCUT2D eigenvalue weighted by Gasteiger charge is 2.33. The van der Waals surface area contributed by atoms with Crippen LogP contribution >= 0.6 is 11.8 Å². The zero-order valence-corrected chi connectivity index (χ0v) is 19.9. The summed E-state index contributed by atoms with van der Waals surface area (Å²) >= 11 is 1.69. The van der Waals surface area contributed by atoms with Gasteiger partial charge in [-0.25, -0.2) is 8.42 Å². The van der Waals surface area contributed by atoms with Gasteiger partial charge in [0.15, 0.2) is 0 Å². The van der Waals surface area contributed by atoms with Gasteiger partial charge in [0, 0.05) is 41.7 Å². The zero-order chi connectivity index (χ0) is 23.0. The molecule has 3 aromatic rings. The summed E-state index contributed by atoms with van der Waals surface area (Å²) in [5.74, 6) is 0. The Hall–Kier alpha value is -2.99. The Morgan fingerprint density at radius 1 is 0.939 bits per heavy atom. The minimum absolute atomic E-state index is 0.444. The number of piperazine rings is 1. The Bertz CT molecular complexity index is 1330. The van der Waals surface area contributed by atoms with Crippen LogP contribution in [0.3, 0.4) is 0 Å². The lowest BCUT2D eigenvalue weighted by Crippen LogP contribution is -2.49. The first-order valence-corrected chi connectivity index (χ1v) is 13.2. The highest BCUT2D eigenvalue weighted by atomic mass is 32.2. The Morgan fingerprint density at radius 3 is 2.36 bits per heavy atom. The van der Waals surface area contributed by atoms with Gasteiger partial charge >= 0.3 is 0 Å². The Kier molecular flexibility index (Phi) is 5.79. The van der Waals surface area contributed by atoms with Gasteiger partial charge in [0.2, 0.25) is 10.0 Å². The van der Waals surface area contributed by atoms with Gasteiger partial charge in [0.1, 0.15) is 0 Å². The number of hydrogen-bond acceptors (Lipinski definition) is 6. The molecule has 2 aliphatic rings. The van der Waals surface area contributed by atoms with E-state index in [0.29, 0.717) is 31.7 Å². The van der Waals surface area contributed by atoms with Crippen molar-refractivity contribution < 1.29 is 8.42 Å². The largest absolute Gasteiger partial charge is 0.369 e. The molecule has 1 N–H and O–H groups in total. The number of benzene rings is 3. The average molecular weight is 477 g/mol. The molecule has 0 aliphatic carbocycles. The molecule has 1 atom stereocenters. The average Bonchev–Trinajstić information content (AvgIpc) is 2.86. The summed E-state index contributed by atoms with van der Waals surface area (Å²) in [5, 5.41) is 11.8.